The molecule has 0 unspecified atom stereocenters. The number of esters is 1. The quantitative estimate of drug-likeness (QED) is 0.479. The maximum absolute atomic E-state index is 12.0. The smallest absolute Gasteiger partial charge is 0.316 e. The number of aromatic nitrogens is 4. The summed E-state index contributed by atoms with van der Waals surface area (Å²) in [5.74, 6) is 0.753. The van der Waals surface area contributed by atoms with E-state index in [4.69, 9.17) is 4.74 Å². The van der Waals surface area contributed by atoms with Gasteiger partial charge in [-0.15, -0.1) is 10.2 Å². The molecule has 0 saturated heterocycles. The van der Waals surface area contributed by atoms with Crippen LogP contribution in [0.15, 0.2) is 48.5 Å². The van der Waals surface area contributed by atoms with Gasteiger partial charge in [0.15, 0.2) is 0 Å². The Bertz CT molecular complexity index is 941. The standard InChI is InChI=1S/C22H27N5O2/c1-5-14-23-18-10-6-16(7-11-18)15-27-25-20(24-26-27)17-8-12-19(13-9-17)29-21(28)22(2,3)4/h6-13,23H,5,14-15H2,1-4H3. The highest BCUT2D eigenvalue weighted by molar-refractivity contribution is 5.78. The summed E-state index contributed by atoms with van der Waals surface area (Å²) in [6, 6.07) is 15.3. The lowest BCUT2D eigenvalue weighted by molar-refractivity contribution is -0.142. The van der Waals surface area contributed by atoms with E-state index < -0.39 is 5.41 Å². The van der Waals surface area contributed by atoms with Crippen molar-refractivity contribution in [3.05, 3.63) is 54.1 Å². The molecule has 0 amide bonds. The van der Waals surface area contributed by atoms with Crippen LogP contribution in [0, 0.1) is 5.41 Å². The van der Waals surface area contributed by atoms with Crippen molar-refractivity contribution in [1.29, 1.82) is 0 Å². The summed E-state index contributed by atoms with van der Waals surface area (Å²) in [7, 11) is 0. The van der Waals surface area contributed by atoms with Crippen LogP contribution in [0.25, 0.3) is 11.4 Å². The molecule has 0 bridgehead atoms. The summed E-state index contributed by atoms with van der Waals surface area (Å²) in [5, 5.41) is 16.1. The first-order chi connectivity index (χ1) is 13.8. The first kappa shape index (κ1) is 20.5. The molecule has 2 aromatic carbocycles. The van der Waals surface area contributed by atoms with E-state index in [2.05, 4.69) is 51.9 Å². The van der Waals surface area contributed by atoms with Crippen LogP contribution < -0.4 is 10.1 Å². The van der Waals surface area contributed by atoms with Gasteiger partial charge in [0, 0.05) is 17.8 Å². The summed E-state index contributed by atoms with van der Waals surface area (Å²) in [6.45, 7) is 9.11. The minimum Gasteiger partial charge on any atom is -0.426 e. The summed E-state index contributed by atoms with van der Waals surface area (Å²) in [4.78, 5) is 13.5. The minimum absolute atomic E-state index is 0.273. The molecule has 0 saturated carbocycles. The lowest BCUT2D eigenvalue weighted by Gasteiger charge is -2.16. The average molecular weight is 393 g/mol. The SMILES string of the molecule is CCCNc1ccc(Cn2nnc(-c3ccc(OC(=O)C(C)(C)C)cc3)n2)cc1. The van der Waals surface area contributed by atoms with Gasteiger partial charge in [-0.3, -0.25) is 4.79 Å². The predicted molar refractivity (Wildman–Crippen MR) is 113 cm³/mol. The fourth-order valence-corrected chi connectivity index (χ4v) is 2.52. The van der Waals surface area contributed by atoms with Crippen LogP contribution in [0.4, 0.5) is 5.69 Å². The Balaban J connectivity index is 1.63. The number of hydrogen-bond donors (Lipinski definition) is 1. The zero-order chi connectivity index (χ0) is 20.9. The molecule has 0 radical (unpaired) electrons. The van der Waals surface area contributed by atoms with Crippen molar-refractivity contribution in [3.8, 4) is 17.1 Å². The van der Waals surface area contributed by atoms with Gasteiger partial charge in [-0.25, -0.2) is 0 Å². The number of anilines is 1. The highest BCUT2D eigenvalue weighted by Gasteiger charge is 2.23. The van der Waals surface area contributed by atoms with Crippen LogP contribution in [0.1, 0.15) is 39.7 Å². The number of nitrogens with zero attached hydrogens (tertiary/aromatic N) is 4. The maximum Gasteiger partial charge on any atom is 0.316 e. The van der Waals surface area contributed by atoms with Crippen molar-refractivity contribution in [2.24, 2.45) is 5.41 Å². The fourth-order valence-electron chi connectivity index (χ4n) is 2.52. The van der Waals surface area contributed by atoms with Crippen molar-refractivity contribution in [1.82, 2.24) is 20.2 Å². The zero-order valence-electron chi connectivity index (χ0n) is 17.3. The topological polar surface area (TPSA) is 81.9 Å². The van der Waals surface area contributed by atoms with E-state index in [9.17, 15) is 4.79 Å². The van der Waals surface area contributed by atoms with Gasteiger partial charge in [0.1, 0.15) is 5.75 Å². The monoisotopic (exact) mass is 393 g/mol. The van der Waals surface area contributed by atoms with Crippen molar-refractivity contribution in [2.75, 3.05) is 11.9 Å². The third-order valence-corrected chi connectivity index (χ3v) is 4.25. The first-order valence-corrected chi connectivity index (χ1v) is 9.78. The molecule has 7 heteroatoms. The lowest BCUT2D eigenvalue weighted by Crippen LogP contribution is -2.25. The molecule has 1 N–H and O–H groups in total. The Hall–Kier alpha value is -3.22. The Morgan fingerprint density at radius 1 is 1.07 bits per heavy atom. The second-order valence-corrected chi connectivity index (χ2v) is 7.93. The van der Waals surface area contributed by atoms with Crippen molar-refractivity contribution in [2.45, 2.75) is 40.7 Å². The molecule has 7 nitrogen and oxygen atoms in total. The number of tetrazole rings is 1. The number of rotatable bonds is 7. The molecule has 0 fully saturated rings. The first-order valence-electron chi connectivity index (χ1n) is 9.78. The molecule has 29 heavy (non-hydrogen) atoms. The number of ether oxygens (including phenoxy) is 1. The van der Waals surface area contributed by atoms with Gasteiger partial charge in [0.2, 0.25) is 5.82 Å². The van der Waals surface area contributed by atoms with Crippen molar-refractivity contribution in [3.63, 3.8) is 0 Å². The molecule has 0 aliphatic carbocycles. The van der Waals surface area contributed by atoms with Gasteiger partial charge in [-0.2, -0.15) is 4.80 Å². The largest absolute Gasteiger partial charge is 0.426 e. The molecular weight excluding hydrogens is 366 g/mol. The van der Waals surface area contributed by atoms with E-state index >= 15 is 0 Å². The third kappa shape index (κ3) is 5.63. The molecule has 1 heterocycles. The molecule has 0 aliphatic rings. The zero-order valence-corrected chi connectivity index (χ0v) is 17.3. The molecular formula is C22H27N5O2. The van der Waals surface area contributed by atoms with E-state index in [1.54, 1.807) is 16.9 Å². The van der Waals surface area contributed by atoms with Gasteiger partial charge in [-0.1, -0.05) is 19.1 Å². The van der Waals surface area contributed by atoms with Gasteiger partial charge in [0.25, 0.3) is 0 Å². The molecule has 1 aromatic heterocycles. The maximum atomic E-state index is 12.0. The van der Waals surface area contributed by atoms with Crippen LogP contribution >= 0.6 is 0 Å². The van der Waals surface area contributed by atoms with Crippen LogP contribution in [0.5, 0.6) is 5.75 Å². The van der Waals surface area contributed by atoms with Crippen LogP contribution in [0.2, 0.25) is 0 Å². The molecule has 0 spiro atoms. The van der Waals surface area contributed by atoms with Crippen molar-refractivity contribution >= 4 is 11.7 Å². The van der Waals surface area contributed by atoms with Gasteiger partial charge >= 0.3 is 5.97 Å². The van der Waals surface area contributed by atoms with E-state index in [-0.39, 0.29) is 5.97 Å². The van der Waals surface area contributed by atoms with Crippen molar-refractivity contribution < 1.29 is 9.53 Å². The number of nitrogens with one attached hydrogen (secondary N) is 1. The summed E-state index contributed by atoms with van der Waals surface area (Å²) < 4.78 is 5.38. The van der Waals surface area contributed by atoms with Gasteiger partial charge in [-0.05, 0) is 74.4 Å². The van der Waals surface area contributed by atoms with Gasteiger partial charge in [0.05, 0.1) is 12.0 Å². The molecule has 0 atom stereocenters. The summed E-state index contributed by atoms with van der Waals surface area (Å²) in [6.07, 6.45) is 1.09. The normalized spacial score (nSPS) is 11.3. The molecule has 3 aromatic rings. The van der Waals surface area contributed by atoms with E-state index in [1.165, 1.54) is 0 Å². The lowest BCUT2D eigenvalue weighted by atomic mass is 9.97. The second kappa shape index (κ2) is 8.86. The Kier molecular flexibility index (Phi) is 6.26. The summed E-state index contributed by atoms with van der Waals surface area (Å²) >= 11 is 0. The predicted octanol–water partition coefficient (Wildman–Crippen LogP) is 4.16. The Labute approximate surface area is 171 Å². The molecule has 152 valence electrons. The van der Waals surface area contributed by atoms with E-state index in [1.807, 2.05) is 32.9 Å². The second-order valence-electron chi connectivity index (χ2n) is 7.93. The van der Waals surface area contributed by atoms with E-state index in [0.717, 1.165) is 29.8 Å². The van der Waals surface area contributed by atoms with E-state index in [0.29, 0.717) is 18.1 Å². The Morgan fingerprint density at radius 2 is 1.76 bits per heavy atom. The summed E-state index contributed by atoms with van der Waals surface area (Å²) in [5.41, 5.74) is 2.47. The molecule has 0 aliphatic heterocycles. The number of benzene rings is 2. The van der Waals surface area contributed by atoms with Crippen LogP contribution in [0.3, 0.4) is 0 Å². The van der Waals surface area contributed by atoms with Crippen LogP contribution in [-0.2, 0) is 11.3 Å². The fraction of sp³-hybridized carbons (Fsp3) is 0.364. The minimum atomic E-state index is -0.548. The highest BCUT2D eigenvalue weighted by Crippen LogP contribution is 2.22. The Morgan fingerprint density at radius 3 is 2.38 bits per heavy atom. The number of carbonyl (C=O) groups is 1. The van der Waals surface area contributed by atoms with Crippen LogP contribution in [-0.4, -0.2) is 32.7 Å². The number of carbonyl (C=O) groups excluding carboxylic acids is 1. The van der Waals surface area contributed by atoms with Gasteiger partial charge < -0.3 is 10.1 Å². The number of hydrogen-bond acceptors (Lipinski definition) is 6. The molecule has 3 rings (SSSR count). The average Bonchev–Trinajstić information content (AvgIpc) is 3.16. The third-order valence-electron chi connectivity index (χ3n) is 4.25. The highest BCUT2D eigenvalue weighted by atomic mass is 16.5.